The number of benzene rings is 3. The number of nitrogens with one attached hydrogen (secondary N) is 1. The van der Waals surface area contributed by atoms with E-state index >= 15 is 0 Å². The van der Waals surface area contributed by atoms with E-state index in [0.717, 1.165) is 22.9 Å². The molecule has 6 heteroatoms. The second kappa shape index (κ2) is 9.61. The summed E-state index contributed by atoms with van der Waals surface area (Å²) >= 11 is 0. The first-order valence-electron chi connectivity index (χ1n) is 10.9. The first kappa shape index (κ1) is 23.4. The van der Waals surface area contributed by atoms with E-state index in [4.69, 9.17) is 0 Å². The maximum Gasteiger partial charge on any atom is 0.251 e. The van der Waals surface area contributed by atoms with Crippen molar-refractivity contribution in [1.29, 1.82) is 0 Å². The molecule has 0 saturated carbocycles. The largest absolute Gasteiger partial charge is 0.346 e. The molecule has 0 aliphatic carbocycles. The number of aryl methyl sites for hydroxylation is 2. The molecule has 0 atom stereocenters. The van der Waals surface area contributed by atoms with Crippen molar-refractivity contribution in [2.75, 3.05) is 6.26 Å². The molecule has 1 heterocycles. The Kier molecular flexibility index (Phi) is 6.61. The van der Waals surface area contributed by atoms with Crippen LogP contribution in [0.5, 0.6) is 0 Å². The van der Waals surface area contributed by atoms with E-state index in [1.165, 1.54) is 17.2 Å². The number of hydrogen-bond donors (Lipinski definition) is 1. The van der Waals surface area contributed by atoms with Gasteiger partial charge in [0.2, 0.25) is 0 Å². The highest BCUT2D eigenvalue weighted by Crippen LogP contribution is 2.28. The number of aromatic nitrogens is 1. The zero-order valence-corrected chi connectivity index (χ0v) is 20.2. The zero-order chi connectivity index (χ0) is 24.3. The van der Waals surface area contributed by atoms with E-state index in [1.54, 1.807) is 25.3 Å². The third-order valence-electron chi connectivity index (χ3n) is 5.75. The van der Waals surface area contributed by atoms with E-state index in [2.05, 4.69) is 47.6 Å². The molecule has 0 aliphatic rings. The van der Waals surface area contributed by atoms with Crippen molar-refractivity contribution in [3.8, 4) is 22.3 Å². The van der Waals surface area contributed by atoms with Crippen LogP contribution < -0.4 is 5.32 Å². The number of sulfone groups is 1. The van der Waals surface area contributed by atoms with Crippen LogP contribution >= 0.6 is 0 Å². The van der Waals surface area contributed by atoms with Crippen LogP contribution in [-0.2, 0) is 16.4 Å². The number of rotatable bonds is 6. The van der Waals surface area contributed by atoms with Crippen LogP contribution in [0.4, 0.5) is 0 Å². The topological polar surface area (TPSA) is 76.1 Å². The Balaban J connectivity index is 1.53. The van der Waals surface area contributed by atoms with Gasteiger partial charge in [-0.2, -0.15) is 0 Å². The van der Waals surface area contributed by atoms with Crippen molar-refractivity contribution in [1.82, 2.24) is 10.3 Å². The summed E-state index contributed by atoms with van der Waals surface area (Å²) in [5.74, 6) is -0.348. The van der Waals surface area contributed by atoms with Crippen LogP contribution in [0, 0.1) is 13.8 Å². The fourth-order valence-corrected chi connectivity index (χ4v) is 4.93. The van der Waals surface area contributed by atoms with Crippen molar-refractivity contribution in [2.24, 2.45) is 0 Å². The molecule has 0 radical (unpaired) electrons. The predicted molar refractivity (Wildman–Crippen MR) is 135 cm³/mol. The molecule has 1 amide bonds. The maximum absolute atomic E-state index is 12.7. The highest BCUT2D eigenvalue weighted by atomic mass is 32.2. The van der Waals surface area contributed by atoms with E-state index in [0.29, 0.717) is 16.8 Å². The molecule has 4 rings (SSSR count). The Labute approximate surface area is 200 Å². The summed E-state index contributed by atoms with van der Waals surface area (Å²) in [6.45, 7) is 4.04. The van der Waals surface area contributed by atoms with Crippen molar-refractivity contribution in [3.63, 3.8) is 0 Å². The zero-order valence-electron chi connectivity index (χ0n) is 19.4. The Bertz CT molecular complexity index is 1480. The van der Waals surface area contributed by atoms with Gasteiger partial charge in [0.25, 0.3) is 5.91 Å². The van der Waals surface area contributed by atoms with E-state index in [9.17, 15) is 13.2 Å². The molecule has 3 aromatic carbocycles. The predicted octanol–water partition coefficient (Wildman–Crippen LogP) is 5.37. The van der Waals surface area contributed by atoms with Gasteiger partial charge in [0.05, 0.1) is 17.1 Å². The van der Waals surface area contributed by atoms with Crippen molar-refractivity contribution in [3.05, 3.63) is 107 Å². The van der Waals surface area contributed by atoms with E-state index in [1.807, 2.05) is 30.3 Å². The van der Waals surface area contributed by atoms with Crippen LogP contribution in [-0.4, -0.2) is 25.6 Å². The third-order valence-corrected chi connectivity index (χ3v) is 6.99. The number of nitrogens with zero attached hydrogens (tertiary/aromatic N) is 1. The molecule has 0 unspecified atom stereocenters. The summed E-state index contributed by atoms with van der Waals surface area (Å²) in [6.07, 6.45) is 2.87. The fourth-order valence-electron chi connectivity index (χ4n) is 3.93. The summed E-state index contributed by atoms with van der Waals surface area (Å²) in [6, 6.07) is 25.2. The van der Waals surface area contributed by atoms with Crippen LogP contribution in [0.25, 0.3) is 22.3 Å². The Morgan fingerprint density at radius 1 is 0.824 bits per heavy atom. The normalized spacial score (nSPS) is 11.3. The lowest BCUT2D eigenvalue weighted by molar-refractivity contribution is 0.0950. The van der Waals surface area contributed by atoms with Gasteiger partial charge < -0.3 is 5.32 Å². The van der Waals surface area contributed by atoms with Gasteiger partial charge in [-0.1, -0.05) is 48.5 Å². The highest BCUT2D eigenvalue weighted by Gasteiger charge is 2.15. The molecule has 4 aromatic rings. The number of carbonyl (C=O) groups excluding carboxylic acids is 1. The van der Waals surface area contributed by atoms with Crippen molar-refractivity contribution >= 4 is 15.7 Å². The van der Waals surface area contributed by atoms with Gasteiger partial charge in [-0.15, -0.1) is 0 Å². The van der Waals surface area contributed by atoms with Crippen LogP contribution in [0.15, 0.2) is 90.0 Å². The van der Waals surface area contributed by atoms with Gasteiger partial charge in [-0.05, 0) is 77.6 Å². The molecular weight excluding hydrogens is 444 g/mol. The molecule has 0 aliphatic heterocycles. The summed E-state index contributed by atoms with van der Waals surface area (Å²) < 4.78 is 23.9. The minimum atomic E-state index is -3.41. The molecule has 34 heavy (non-hydrogen) atoms. The van der Waals surface area contributed by atoms with Gasteiger partial charge in [0, 0.05) is 18.0 Å². The van der Waals surface area contributed by atoms with Crippen molar-refractivity contribution < 1.29 is 13.2 Å². The summed E-state index contributed by atoms with van der Waals surface area (Å²) in [4.78, 5) is 17.2. The molecule has 1 aromatic heterocycles. The number of hydrogen-bond acceptors (Lipinski definition) is 4. The van der Waals surface area contributed by atoms with Crippen molar-refractivity contribution in [2.45, 2.75) is 25.3 Å². The fraction of sp³-hybridized carbons (Fsp3) is 0.143. The monoisotopic (exact) mass is 470 g/mol. The van der Waals surface area contributed by atoms with Gasteiger partial charge in [-0.3, -0.25) is 9.78 Å². The Hall–Kier alpha value is -3.77. The Morgan fingerprint density at radius 2 is 1.56 bits per heavy atom. The second-order valence-corrected chi connectivity index (χ2v) is 10.4. The maximum atomic E-state index is 12.7. The average Bonchev–Trinajstić information content (AvgIpc) is 2.82. The minimum Gasteiger partial charge on any atom is -0.346 e. The van der Waals surface area contributed by atoms with Crippen LogP contribution in [0.1, 0.15) is 27.2 Å². The molecular formula is C28H26N2O3S. The molecule has 0 bridgehead atoms. The lowest BCUT2D eigenvalue weighted by Gasteiger charge is -2.10. The molecule has 0 fully saturated rings. The smallest absolute Gasteiger partial charge is 0.251 e. The van der Waals surface area contributed by atoms with Gasteiger partial charge in [0.1, 0.15) is 0 Å². The number of carbonyl (C=O) groups is 1. The van der Waals surface area contributed by atoms with E-state index in [-0.39, 0.29) is 17.3 Å². The number of amides is 1. The Morgan fingerprint density at radius 3 is 2.32 bits per heavy atom. The average molecular weight is 471 g/mol. The summed E-state index contributed by atoms with van der Waals surface area (Å²) in [7, 11) is -3.41. The minimum absolute atomic E-state index is 0.161. The van der Waals surface area contributed by atoms with Gasteiger partial charge in [-0.25, -0.2) is 8.42 Å². The molecule has 5 nitrogen and oxygen atoms in total. The quantitative estimate of drug-likeness (QED) is 0.411. The van der Waals surface area contributed by atoms with Gasteiger partial charge >= 0.3 is 0 Å². The summed E-state index contributed by atoms with van der Waals surface area (Å²) in [5, 5.41) is 2.84. The lowest BCUT2D eigenvalue weighted by Crippen LogP contribution is -2.23. The van der Waals surface area contributed by atoms with Crippen LogP contribution in [0.3, 0.4) is 0 Å². The molecule has 0 saturated heterocycles. The van der Waals surface area contributed by atoms with Gasteiger partial charge in [0.15, 0.2) is 9.84 Å². The first-order valence-corrected chi connectivity index (χ1v) is 12.8. The van der Waals surface area contributed by atoms with E-state index < -0.39 is 9.84 Å². The molecule has 172 valence electrons. The summed E-state index contributed by atoms with van der Waals surface area (Å²) in [5.41, 5.74) is 7.24. The highest BCUT2D eigenvalue weighted by molar-refractivity contribution is 7.90. The number of pyridine rings is 1. The second-order valence-electron chi connectivity index (χ2n) is 8.37. The SMILES string of the molecule is Cc1ccccc1-c1cccc(-c2ccnc(CNC(=O)c3ccc(C)c(S(C)(=O)=O)c3)c2)c1. The van der Waals surface area contributed by atoms with Crippen LogP contribution in [0.2, 0.25) is 0 Å². The molecule has 1 N–H and O–H groups in total. The third kappa shape index (κ3) is 5.24. The first-order chi connectivity index (χ1) is 16.2. The molecule has 0 spiro atoms. The lowest BCUT2D eigenvalue weighted by atomic mass is 9.96. The standard InChI is InChI=1S/C28H26N2O3S/c1-19-7-4-5-10-26(19)23-9-6-8-21(15-23)22-13-14-29-25(16-22)18-30-28(31)24-12-11-20(2)27(17-24)34(3,32)33/h4-17H,18H2,1-3H3,(H,30,31).